The van der Waals surface area contributed by atoms with Gasteiger partial charge in [0.25, 0.3) is 0 Å². The molecule has 2 aliphatic heterocycles. The smallest absolute Gasteiger partial charge is 0.314 e. The molecule has 4 rings (SSSR count). The number of nitrogens with one attached hydrogen (secondary N) is 5. The lowest BCUT2D eigenvalue weighted by molar-refractivity contribution is -0.135. The van der Waals surface area contributed by atoms with Gasteiger partial charge in [-0.1, -0.05) is 0 Å². The first-order valence-electron chi connectivity index (χ1n) is 8.46. The van der Waals surface area contributed by atoms with Gasteiger partial charge in [0.05, 0.1) is 11.7 Å². The third-order valence-electron chi connectivity index (χ3n) is 4.77. The van der Waals surface area contributed by atoms with Gasteiger partial charge < -0.3 is 26.3 Å². The summed E-state index contributed by atoms with van der Waals surface area (Å²) in [4.78, 5) is 26.8. The number of carbonyl (C=O) groups is 2. The third-order valence-corrected chi connectivity index (χ3v) is 4.77. The number of fused-ring (bicyclic) bond motifs is 3. The first-order chi connectivity index (χ1) is 12.2. The van der Waals surface area contributed by atoms with Crippen LogP contribution in [0, 0.1) is 0 Å². The van der Waals surface area contributed by atoms with Gasteiger partial charge in [-0.3, -0.25) is 14.3 Å². The van der Waals surface area contributed by atoms with Crippen LogP contribution in [0.25, 0.3) is 11.3 Å². The van der Waals surface area contributed by atoms with Crippen molar-refractivity contribution in [2.24, 2.45) is 0 Å². The van der Waals surface area contributed by atoms with Crippen molar-refractivity contribution in [3.05, 3.63) is 17.8 Å². The number of rotatable bonds is 2. The molecule has 0 spiro atoms. The van der Waals surface area contributed by atoms with Gasteiger partial charge in [-0.15, -0.1) is 0 Å². The molecule has 0 bridgehead atoms. The van der Waals surface area contributed by atoms with Crippen molar-refractivity contribution in [3.8, 4) is 11.3 Å². The molecule has 1 fully saturated rings. The van der Waals surface area contributed by atoms with Crippen molar-refractivity contribution in [1.82, 2.24) is 25.4 Å². The van der Waals surface area contributed by atoms with E-state index in [9.17, 15) is 9.59 Å². The van der Waals surface area contributed by atoms with Crippen molar-refractivity contribution >= 4 is 23.5 Å². The molecule has 25 heavy (non-hydrogen) atoms. The zero-order valence-corrected chi connectivity index (χ0v) is 14.0. The molecule has 0 radical (unpaired) electrons. The second kappa shape index (κ2) is 6.25. The Bertz CT molecular complexity index is 817. The monoisotopic (exact) mass is 343 g/mol. The number of nitrogens with zero attached hydrogens (tertiary/aromatic N) is 2. The molecule has 2 aromatic rings. The second-order valence-electron chi connectivity index (χ2n) is 6.25. The van der Waals surface area contributed by atoms with E-state index >= 15 is 0 Å². The molecular weight excluding hydrogens is 322 g/mol. The Morgan fingerprint density at radius 3 is 2.84 bits per heavy atom. The van der Waals surface area contributed by atoms with Gasteiger partial charge in [0.1, 0.15) is 5.82 Å². The fraction of sp³-hybridized carbons (Fsp3) is 0.438. The summed E-state index contributed by atoms with van der Waals surface area (Å²) >= 11 is 0. The Balaban J connectivity index is 1.77. The van der Waals surface area contributed by atoms with Crippen LogP contribution in [-0.4, -0.2) is 46.7 Å². The molecular formula is C16H21N7O2. The SMILES string of the molecule is CNC(=O)C(=O)Nc1nn(C2CCNCC2)c2c1CNc1[nH]ccc1-2. The number of carbonyl (C=O) groups excluding carboxylic acids is 2. The predicted octanol–water partition coefficient (Wildman–Crippen LogP) is 0.413. The van der Waals surface area contributed by atoms with Crippen LogP contribution >= 0.6 is 0 Å². The molecule has 0 aromatic carbocycles. The van der Waals surface area contributed by atoms with Crippen molar-refractivity contribution in [3.63, 3.8) is 0 Å². The minimum Gasteiger partial charge on any atom is -0.367 e. The predicted molar refractivity (Wildman–Crippen MR) is 93.2 cm³/mol. The van der Waals surface area contributed by atoms with Gasteiger partial charge in [-0.05, 0) is 32.0 Å². The molecule has 1 saturated heterocycles. The summed E-state index contributed by atoms with van der Waals surface area (Å²) in [7, 11) is 1.43. The number of aromatic amines is 1. The summed E-state index contributed by atoms with van der Waals surface area (Å²) < 4.78 is 2.02. The van der Waals surface area contributed by atoms with E-state index in [0.717, 1.165) is 48.6 Å². The molecule has 2 amide bonds. The highest BCUT2D eigenvalue weighted by Gasteiger charge is 2.30. The molecule has 4 heterocycles. The van der Waals surface area contributed by atoms with Crippen LogP contribution < -0.4 is 21.3 Å². The normalized spacial score (nSPS) is 16.5. The second-order valence-corrected chi connectivity index (χ2v) is 6.25. The maximum atomic E-state index is 12.0. The highest BCUT2D eigenvalue weighted by atomic mass is 16.2. The lowest BCUT2D eigenvalue weighted by Gasteiger charge is -2.26. The van der Waals surface area contributed by atoms with Gasteiger partial charge >= 0.3 is 11.8 Å². The molecule has 0 aliphatic carbocycles. The van der Waals surface area contributed by atoms with E-state index in [2.05, 4.69) is 31.3 Å². The lowest BCUT2D eigenvalue weighted by atomic mass is 10.0. The summed E-state index contributed by atoms with van der Waals surface area (Å²) in [6, 6.07) is 2.27. The fourth-order valence-corrected chi connectivity index (χ4v) is 3.51. The summed E-state index contributed by atoms with van der Waals surface area (Å²) in [6.45, 7) is 2.42. The lowest BCUT2D eigenvalue weighted by Crippen LogP contribution is -2.33. The van der Waals surface area contributed by atoms with E-state index in [1.54, 1.807) is 0 Å². The van der Waals surface area contributed by atoms with Crippen molar-refractivity contribution < 1.29 is 9.59 Å². The third kappa shape index (κ3) is 2.66. The van der Waals surface area contributed by atoms with Crippen LogP contribution in [-0.2, 0) is 16.1 Å². The standard InChI is InChI=1S/C16H21N7O2/c1-17-15(24)16(25)21-14-11-8-20-13-10(4-7-19-13)12(11)23(22-14)9-2-5-18-6-3-9/h4,7,9,18-20H,2-3,5-6,8H2,1H3,(H,17,24)(H,21,22,25). The van der Waals surface area contributed by atoms with E-state index < -0.39 is 11.8 Å². The van der Waals surface area contributed by atoms with Gasteiger partial charge in [0, 0.05) is 30.9 Å². The van der Waals surface area contributed by atoms with E-state index in [4.69, 9.17) is 0 Å². The number of hydrogen-bond acceptors (Lipinski definition) is 5. The molecule has 9 nitrogen and oxygen atoms in total. The molecule has 0 saturated carbocycles. The first kappa shape index (κ1) is 15.7. The minimum absolute atomic E-state index is 0.265. The molecule has 2 aromatic heterocycles. The van der Waals surface area contributed by atoms with Crippen LogP contribution in [0.15, 0.2) is 12.3 Å². The number of amides is 2. The molecule has 9 heteroatoms. The molecule has 0 atom stereocenters. The zero-order chi connectivity index (χ0) is 17.4. The Morgan fingerprint density at radius 2 is 2.08 bits per heavy atom. The Hall–Kier alpha value is -2.81. The number of piperidine rings is 1. The number of anilines is 2. The zero-order valence-electron chi connectivity index (χ0n) is 14.0. The summed E-state index contributed by atoms with van der Waals surface area (Å²) in [6.07, 6.45) is 3.84. The van der Waals surface area contributed by atoms with Crippen LogP contribution in [0.2, 0.25) is 0 Å². The first-order valence-corrected chi connectivity index (χ1v) is 8.46. The highest BCUT2D eigenvalue weighted by molar-refractivity contribution is 6.39. The van der Waals surface area contributed by atoms with Crippen LogP contribution in [0.1, 0.15) is 24.4 Å². The van der Waals surface area contributed by atoms with Gasteiger partial charge in [-0.2, -0.15) is 5.10 Å². The van der Waals surface area contributed by atoms with Crippen molar-refractivity contribution in [2.75, 3.05) is 30.8 Å². The number of likely N-dealkylation sites (N-methyl/N-ethyl adjacent to an activating group) is 1. The van der Waals surface area contributed by atoms with E-state index in [0.29, 0.717) is 12.4 Å². The van der Waals surface area contributed by atoms with Crippen LogP contribution in [0.3, 0.4) is 0 Å². The maximum absolute atomic E-state index is 12.0. The average molecular weight is 343 g/mol. The topological polar surface area (TPSA) is 116 Å². The molecule has 5 N–H and O–H groups in total. The van der Waals surface area contributed by atoms with Crippen molar-refractivity contribution in [2.45, 2.75) is 25.4 Å². The maximum Gasteiger partial charge on any atom is 0.314 e. The van der Waals surface area contributed by atoms with Gasteiger partial charge in [0.2, 0.25) is 0 Å². The van der Waals surface area contributed by atoms with E-state index in [1.807, 2.05) is 16.9 Å². The Labute approximate surface area is 144 Å². The molecule has 2 aliphatic rings. The molecule has 132 valence electrons. The van der Waals surface area contributed by atoms with Gasteiger partial charge in [0.15, 0.2) is 5.82 Å². The summed E-state index contributed by atoms with van der Waals surface area (Å²) in [5.74, 6) is 0.00430. The van der Waals surface area contributed by atoms with Crippen molar-refractivity contribution in [1.29, 1.82) is 0 Å². The number of H-pyrrole nitrogens is 1. The van der Waals surface area contributed by atoms with Gasteiger partial charge in [-0.25, -0.2) is 0 Å². The van der Waals surface area contributed by atoms with Crippen LogP contribution in [0.5, 0.6) is 0 Å². The summed E-state index contributed by atoms with van der Waals surface area (Å²) in [5, 5.41) is 16.3. The molecule has 0 unspecified atom stereocenters. The Morgan fingerprint density at radius 1 is 1.28 bits per heavy atom. The summed E-state index contributed by atoms with van der Waals surface area (Å²) in [5.41, 5.74) is 2.95. The largest absolute Gasteiger partial charge is 0.367 e. The highest BCUT2D eigenvalue weighted by Crippen LogP contribution is 2.40. The van der Waals surface area contributed by atoms with Crippen LogP contribution in [0.4, 0.5) is 11.6 Å². The van der Waals surface area contributed by atoms with E-state index in [-0.39, 0.29) is 6.04 Å². The number of hydrogen-bond donors (Lipinski definition) is 5. The average Bonchev–Trinajstić information content (AvgIpc) is 3.26. The minimum atomic E-state index is -0.708. The van der Waals surface area contributed by atoms with E-state index in [1.165, 1.54) is 7.05 Å². The quantitative estimate of drug-likeness (QED) is 0.507. The Kier molecular flexibility index (Phi) is 3.92. The fourth-order valence-electron chi connectivity index (χ4n) is 3.51. The number of aromatic nitrogens is 3.